The zero-order chi connectivity index (χ0) is 11.8. The summed E-state index contributed by atoms with van der Waals surface area (Å²) in [6.45, 7) is 6.01. The summed E-state index contributed by atoms with van der Waals surface area (Å²) in [6, 6.07) is 0.740. The molecule has 2 rings (SSSR count). The quantitative estimate of drug-likeness (QED) is 0.648. The lowest BCUT2D eigenvalue weighted by Crippen LogP contribution is -2.41. The summed E-state index contributed by atoms with van der Waals surface area (Å²) in [4.78, 5) is 14.2. The minimum atomic E-state index is -0.369. The second kappa shape index (κ2) is 4.36. The third kappa shape index (κ3) is 2.97. The fourth-order valence-electron chi connectivity index (χ4n) is 2.26. The number of carbonyl (C=O) groups is 1. The van der Waals surface area contributed by atoms with Gasteiger partial charge in [0.25, 0.3) is 0 Å². The molecular formula is C13H23NO2. The smallest absolute Gasteiger partial charge is 0.312 e. The van der Waals surface area contributed by atoms with Crippen LogP contribution in [0.15, 0.2) is 0 Å². The molecule has 3 heteroatoms. The van der Waals surface area contributed by atoms with Crippen LogP contribution in [0.3, 0.4) is 0 Å². The van der Waals surface area contributed by atoms with Crippen molar-refractivity contribution in [3.8, 4) is 0 Å². The Bertz CT molecular complexity index is 267. The lowest BCUT2D eigenvalue weighted by atomic mass is 9.92. The maximum absolute atomic E-state index is 11.7. The highest BCUT2D eigenvalue weighted by molar-refractivity contribution is 5.76. The molecule has 0 heterocycles. The number of methoxy groups -OCH3 is 1. The van der Waals surface area contributed by atoms with Gasteiger partial charge in [-0.05, 0) is 45.4 Å². The number of hydrogen-bond donors (Lipinski definition) is 0. The van der Waals surface area contributed by atoms with E-state index in [1.165, 1.54) is 39.3 Å². The van der Waals surface area contributed by atoms with Gasteiger partial charge in [-0.1, -0.05) is 0 Å². The van der Waals surface area contributed by atoms with Crippen molar-refractivity contribution in [1.82, 2.24) is 4.90 Å². The van der Waals surface area contributed by atoms with Gasteiger partial charge in [-0.2, -0.15) is 0 Å². The molecule has 0 saturated heterocycles. The van der Waals surface area contributed by atoms with Gasteiger partial charge < -0.3 is 4.74 Å². The van der Waals surface area contributed by atoms with Crippen LogP contribution in [-0.2, 0) is 9.53 Å². The Morgan fingerprint density at radius 2 is 1.94 bits per heavy atom. The maximum Gasteiger partial charge on any atom is 0.312 e. The van der Waals surface area contributed by atoms with E-state index in [1.54, 1.807) is 0 Å². The second-order valence-corrected chi connectivity index (χ2v) is 5.98. The third-order valence-corrected chi connectivity index (χ3v) is 3.59. The molecule has 0 radical (unpaired) electrons. The molecule has 0 aromatic carbocycles. The number of nitrogens with zero attached hydrogens (tertiary/aromatic N) is 1. The highest BCUT2D eigenvalue weighted by Crippen LogP contribution is 2.36. The molecule has 2 saturated carbocycles. The van der Waals surface area contributed by atoms with Crippen molar-refractivity contribution in [2.45, 2.75) is 45.6 Å². The predicted molar refractivity (Wildman–Crippen MR) is 63.1 cm³/mol. The van der Waals surface area contributed by atoms with Crippen LogP contribution in [-0.4, -0.2) is 37.1 Å². The summed E-state index contributed by atoms with van der Waals surface area (Å²) in [5.41, 5.74) is -0.369. The molecule has 0 aromatic rings. The Morgan fingerprint density at radius 3 is 2.38 bits per heavy atom. The molecule has 0 unspecified atom stereocenters. The summed E-state index contributed by atoms with van der Waals surface area (Å²) in [5, 5.41) is 0. The van der Waals surface area contributed by atoms with E-state index in [9.17, 15) is 4.79 Å². The average Bonchev–Trinajstić information content (AvgIpc) is 3.06. The third-order valence-electron chi connectivity index (χ3n) is 3.59. The van der Waals surface area contributed by atoms with Gasteiger partial charge in [0.1, 0.15) is 0 Å². The Hall–Kier alpha value is -0.570. The lowest BCUT2D eigenvalue weighted by molar-refractivity contribution is -0.151. The minimum absolute atomic E-state index is 0.0889. The molecule has 0 amide bonds. The second-order valence-electron chi connectivity index (χ2n) is 5.98. The number of carbonyl (C=O) groups excluding carboxylic acids is 1. The predicted octanol–water partition coefficient (Wildman–Crippen LogP) is 2.06. The Balaban J connectivity index is 1.90. The molecule has 2 aliphatic carbocycles. The number of hydrogen-bond acceptors (Lipinski definition) is 3. The highest BCUT2D eigenvalue weighted by Gasteiger charge is 2.39. The first-order valence-electron chi connectivity index (χ1n) is 6.35. The molecule has 16 heavy (non-hydrogen) atoms. The molecule has 0 N–H and O–H groups in total. The number of ether oxygens (including phenoxy) is 1. The minimum Gasteiger partial charge on any atom is -0.469 e. The van der Waals surface area contributed by atoms with Crippen LogP contribution in [0.4, 0.5) is 0 Å². The van der Waals surface area contributed by atoms with E-state index in [-0.39, 0.29) is 11.4 Å². The topological polar surface area (TPSA) is 29.5 Å². The summed E-state index contributed by atoms with van der Waals surface area (Å²) in [7, 11) is 1.48. The van der Waals surface area contributed by atoms with E-state index in [0.29, 0.717) is 0 Å². The van der Waals surface area contributed by atoms with Crippen LogP contribution in [0, 0.1) is 11.3 Å². The van der Waals surface area contributed by atoms with Crippen molar-refractivity contribution in [3.63, 3.8) is 0 Å². The van der Waals surface area contributed by atoms with Gasteiger partial charge in [0, 0.05) is 19.1 Å². The highest BCUT2D eigenvalue weighted by atomic mass is 16.5. The van der Waals surface area contributed by atoms with Crippen molar-refractivity contribution < 1.29 is 9.53 Å². The summed E-state index contributed by atoms with van der Waals surface area (Å²) >= 11 is 0. The molecule has 92 valence electrons. The van der Waals surface area contributed by atoms with Gasteiger partial charge in [0.15, 0.2) is 0 Å². The van der Waals surface area contributed by atoms with Crippen molar-refractivity contribution >= 4 is 5.97 Å². The largest absolute Gasteiger partial charge is 0.469 e. The van der Waals surface area contributed by atoms with Crippen LogP contribution >= 0.6 is 0 Å². The molecule has 0 spiro atoms. The van der Waals surface area contributed by atoms with Gasteiger partial charge in [0.2, 0.25) is 0 Å². The molecule has 0 aromatic heterocycles. The van der Waals surface area contributed by atoms with Crippen LogP contribution < -0.4 is 0 Å². The average molecular weight is 225 g/mol. The molecule has 0 bridgehead atoms. The first kappa shape index (κ1) is 11.9. The fourth-order valence-corrected chi connectivity index (χ4v) is 2.26. The van der Waals surface area contributed by atoms with E-state index in [2.05, 4.69) is 4.90 Å². The molecule has 3 nitrogen and oxygen atoms in total. The molecule has 2 aliphatic rings. The zero-order valence-electron chi connectivity index (χ0n) is 10.7. The lowest BCUT2D eigenvalue weighted by Gasteiger charge is -2.30. The van der Waals surface area contributed by atoms with Crippen molar-refractivity contribution in [2.75, 3.05) is 20.2 Å². The number of rotatable bonds is 6. The Morgan fingerprint density at radius 1 is 1.31 bits per heavy atom. The van der Waals surface area contributed by atoms with Crippen molar-refractivity contribution in [2.24, 2.45) is 11.3 Å². The van der Waals surface area contributed by atoms with Gasteiger partial charge in [-0.3, -0.25) is 9.69 Å². The van der Waals surface area contributed by atoms with E-state index in [0.717, 1.165) is 18.5 Å². The van der Waals surface area contributed by atoms with Gasteiger partial charge in [0.05, 0.1) is 12.5 Å². The van der Waals surface area contributed by atoms with Crippen LogP contribution in [0.1, 0.15) is 39.5 Å². The van der Waals surface area contributed by atoms with E-state index >= 15 is 0 Å². The normalized spacial score (nSPS) is 21.2. The van der Waals surface area contributed by atoms with Crippen molar-refractivity contribution in [1.29, 1.82) is 0 Å². The maximum atomic E-state index is 11.7. The summed E-state index contributed by atoms with van der Waals surface area (Å²) in [5.74, 6) is 0.808. The van der Waals surface area contributed by atoms with Gasteiger partial charge >= 0.3 is 5.97 Å². The molecule has 0 atom stereocenters. The molecule has 2 fully saturated rings. The van der Waals surface area contributed by atoms with E-state index in [4.69, 9.17) is 4.74 Å². The van der Waals surface area contributed by atoms with E-state index in [1.807, 2.05) is 13.8 Å². The zero-order valence-corrected chi connectivity index (χ0v) is 10.7. The van der Waals surface area contributed by atoms with Crippen LogP contribution in [0.5, 0.6) is 0 Å². The summed E-state index contributed by atoms with van der Waals surface area (Å²) < 4.78 is 4.87. The Labute approximate surface area is 98.1 Å². The van der Waals surface area contributed by atoms with Crippen molar-refractivity contribution in [3.05, 3.63) is 0 Å². The fraction of sp³-hybridized carbons (Fsp3) is 0.923. The molecule has 0 aliphatic heterocycles. The van der Waals surface area contributed by atoms with Crippen LogP contribution in [0.25, 0.3) is 0 Å². The van der Waals surface area contributed by atoms with E-state index < -0.39 is 0 Å². The first-order valence-corrected chi connectivity index (χ1v) is 6.35. The first-order chi connectivity index (χ1) is 7.53. The standard InChI is InChI=1S/C13H23NO2/c1-13(2,12(15)16-3)9-14(11-6-7-11)8-10-4-5-10/h10-11H,4-9H2,1-3H3. The number of esters is 1. The van der Waals surface area contributed by atoms with Gasteiger partial charge in [-0.15, -0.1) is 0 Å². The SMILES string of the molecule is COC(=O)C(C)(C)CN(CC1CC1)C1CC1. The Kier molecular flexibility index (Phi) is 3.24. The van der Waals surface area contributed by atoms with Crippen LogP contribution in [0.2, 0.25) is 0 Å². The van der Waals surface area contributed by atoms with Gasteiger partial charge in [-0.25, -0.2) is 0 Å². The molecular weight excluding hydrogens is 202 g/mol. The monoisotopic (exact) mass is 225 g/mol. The summed E-state index contributed by atoms with van der Waals surface area (Å²) in [6.07, 6.45) is 5.37.